The van der Waals surface area contributed by atoms with Crippen molar-refractivity contribution in [1.82, 2.24) is 5.32 Å². The van der Waals surface area contributed by atoms with Crippen molar-refractivity contribution < 1.29 is 33.3 Å². The van der Waals surface area contributed by atoms with E-state index in [2.05, 4.69) is 5.32 Å². The molecule has 1 amide bonds. The van der Waals surface area contributed by atoms with Crippen LogP contribution in [0.3, 0.4) is 0 Å². The first-order chi connectivity index (χ1) is 16.9. The number of esters is 1. The number of allylic oxidation sites excluding steroid dienone is 2. The maximum absolute atomic E-state index is 12.3. The smallest absolute Gasteiger partial charge is 0.342 e. The van der Waals surface area contributed by atoms with Crippen LogP contribution in [0.15, 0.2) is 35.9 Å². The summed E-state index contributed by atoms with van der Waals surface area (Å²) in [5.41, 5.74) is 4.00. The molecule has 0 bridgehead atoms. The van der Waals surface area contributed by atoms with E-state index < -0.39 is 0 Å². The van der Waals surface area contributed by atoms with Crippen molar-refractivity contribution in [3.05, 3.63) is 58.2 Å². The van der Waals surface area contributed by atoms with Gasteiger partial charge in [0.05, 0.1) is 27.9 Å². The fraction of sp³-hybridized carbons (Fsp3) is 0.407. The van der Waals surface area contributed by atoms with Gasteiger partial charge < -0.3 is 29.0 Å². The number of carbonyl (C=O) groups excluding carboxylic acids is 2. The van der Waals surface area contributed by atoms with E-state index >= 15 is 0 Å². The molecule has 3 rings (SSSR count). The van der Waals surface area contributed by atoms with Gasteiger partial charge in [0.25, 0.3) is 0 Å². The Morgan fingerprint density at radius 3 is 2.46 bits per heavy atom. The molecule has 1 aliphatic heterocycles. The number of benzene rings is 2. The van der Waals surface area contributed by atoms with Crippen molar-refractivity contribution in [2.75, 3.05) is 34.5 Å². The zero-order valence-electron chi connectivity index (χ0n) is 21.0. The molecule has 0 aromatic heterocycles. The van der Waals surface area contributed by atoms with Crippen molar-refractivity contribution in [3.63, 3.8) is 0 Å². The Morgan fingerprint density at radius 1 is 1.06 bits per heavy atom. The molecular weight excluding hydrogens is 450 g/mol. The van der Waals surface area contributed by atoms with Crippen LogP contribution in [0, 0.1) is 6.92 Å². The number of nitrogens with one attached hydrogen (secondary N) is 1. The molecule has 0 atom stereocenters. The Morgan fingerprint density at radius 2 is 1.77 bits per heavy atom. The van der Waals surface area contributed by atoms with Crippen LogP contribution in [-0.4, -0.2) is 46.4 Å². The third kappa shape index (κ3) is 6.07. The summed E-state index contributed by atoms with van der Waals surface area (Å²) in [6.45, 7) is 4.87. The number of hydrogen-bond acceptors (Lipinski definition) is 7. The first-order valence-corrected chi connectivity index (χ1v) is 11.5. The van der Waals surface area contributed by atoms with Gasteiger partial charge in [-0.05, 0) is 44.4 Å². The van der Waals surface area contributed by atoms with Crippen LogP contribution < -0.4 is 24.3 Å². The lowest BCUT2D eigenvalue weighted by Crippen LogP contribution is -2.27. The van der Waals surface area contributed by atoms with Crippen LogP contribution in [0.4, 0.5) is 0 Å². The number of para-hydroxylation sites is 2. The number of methoxy groups -OCH3 is 3. The number of cyclic esters (lactones) is 1. The molecule has 0 fully saturated rings. The molecule has 1 aliphatic rings. The molecule has 2 aromatic rings. The van der Waals surface area contributed by atoms with Crippen molar-refractivity contribution in [2.24, 2.45) is 0 Å². The summed E-state index contributed by atoms with van der Waals surface area (Å²) in [6.07, 6.45) is 3.51. The number of fused-ring (bicyclic) bond motifs is 1. The summed E-state index contributed by atoms with van der Waals surface area (Å²) >= 11 is 0. The molecule has 0 radical (unpaired) electrons. The number of amides is 1. The Kier molecular flexibility index (Phi) is 9.00. The minimum atomic E-state index is -0.379. The molecule has 0 saturated heterocycles. The Hall–Kier alpha value is -3.68. The third-order valence-corrected chi connectivity index (χ3v) is 5.98. The third-order valence-electron chi connectivity index (χ3n) is 5.98. The van der Waals surface area contributed by atoms with E-state index in [9.17, 15) is 9.59 Å². The van der Waals surface area contributed by atoms with Gasteiger partial charge in [-0.25, -0.2) is 4.79 Å². The molecule has 0 aliphatic carbocycles. The number of hydrogen-bond donors (Lipinski definition) is 1. The maximum Gasteiger partial charge on any atom is 0.342 e. The van der Waals surface area contributed by atoms with E-state index in [1.54, 1.807) is 14.2 Å². The van der Waals surface area contributed by atoms with Gasteiger partial charge in [0.1, 0.15) is 30.3 Å². The van der Waals surface area contributed by atoms with Crippen LogP contribution in [0.2, 0.25) is 0 Å². The highest BCUT2D eigenvalue weighted by atomic mass is 16.5. The van der Waals surface area contributed by atoms with Gasteiger partial charge in [0.2, 0.25) is 5.91 Å². The van der Waals surface area contributed by atoms with Crippen LogP contribution in [-0.2, 0) is 22.6 Å². The zero-order valence-corrected chi connectivity index (χ0v) is 21.0. The molecule has 1 N–H and O–H groups in total. The molecule has 1 heterocycles. The summed E-state index contributed by atoms with van der Waals surface area (Å²) in [7, 11) is 4.73. The average Bonchev–Trinajstić information content (AvgIpc) is 3.26. The second-order valence-corrected chi connectivity index (χ2v) is 8.20. The summed E-state index contributed by atoms with van der Waals surface area (Å²) in [5.74, 6) is 2.05. The summed E-state index contributed by atoms with van der Waals surface area (Å²) in [4.78, 5) is 24.5. The van der Waals surface area contributed by atoms with Crippen molar-refractivity contribution >= 4 is 11.9 Å². The van der Waals surface area contributed by atoms with Crippen LogP contribution >= 0.6 is 0 Å². The topological polar surface area (TPSA) is 92.3 Å². The highest BCUT2D eigenvalue weighted by Gasteiger charge is 2.32. The lowest BCUT2D eigenvalue weighted by molar-refractivity contribution is -0.121. The first-order valence-electron chi connectivity index (χ1n) is 11.5. The molecule has 0 saturated carbocycles. The van der Waals surface area contributed by atoms with Crippen LogP contribution in [0.25, 0.3) is 0 Å². The summed E-state index contributed by atoms with van der Waals surface area (Å²) in [6, 6.07) is 7.38. The fourth-order valence-electron chi connectivity index (χ4n) is 4.10. The maximum atomic E-state index is 12.3. The molecule has 8 heteroatoms. The highest BCUT2D eigenvalue weighted by molar-refractivity contribution is 5.98. The van der Waals surface area contributed by atoms with Crippen LogP contribution in [0.5, 0.6) is 23.0 Å². The van der Waals surface area contributed by atoms with E-state index in [0.717, 1.165) is 22.3 Å². The number of rotatable bonds is 12. The van der Waals surface area contributed by atoms with Gasteiger partial charge >= 0.3 is 5.97 Å². The second-order valence-electron chi connectivity index (χ2n) is 8.20. The van der Waals surface area contributed by atoms with Crippen molar-refractivity contribution in [2.45, 2.75) is 39.7 Å². The van der Waals surface area contributed by atoms with E-state index in [4.69, 9.17) is 23.7 Å². The van der Waals surface area contributed by atoms with Gasteiger partial charge in [-0.15, -0.1) is 0 Å². The largest absolute Gasteiger partial charge is 0.496 e. The fourth-order valence-corrected chi connectivity index (χ4v) is 4.10. The van der Waals surface area contributed by atoms with E-state index in [1.165, 1.54) is 7.11 Å². The summed E-state index contributed by atoms with van der Waals surface area (Å²) in [5, 5.41) is 2.87. The minimum Gasteiger partial charge on any atom is -0.496 e. The minimum absolute atomic E-state index is 0.0485. The van der Waals surface area contributed by atoms with E-state index in [-0.39, 0.29) is 18.5 Å². The second kappa shape index (κ2) is 12.1. The molecule has 188 valence electrons. The van der Waals surface area contributed by atoms with Crippen LogP contribution in [0.1, 0.15) is 46.8 Å². The monoisotopic (exact) mass is 483 g/mol. The van der Waals surface area contributed by atoms with E-state index in [0.29, 0.717) is 61.0 Å². The van der Waals surface area contributed by atoms with Gasteiger partial charge in [0, 0.05) is 17.5 Å². The summed E-state index contributed by atoms with van der Waals surface area (Å²) < 4.78 is 27.4. The predicted octanol–water partition coefficient (Wildman–Crippen LogP) is 4.16. The lowest BCUT2D eigenvalue weighted by Gasteiger charge is -2.18. The van der Waals surface area contributed by atoms with Crippen molar-refractivity contribution in [1.29, 1.82) is 0 Å². The van der Waals surface area contributed by atoms with Gasteiger partial charge in [-0.3, -0.25) is 4.79 Å². The van der Waals surface area contributed by atoms with Crippen molar-refractivity contribution in [3.8, 4) is 23.0 Å². The standard InChI is InChI=1S/C27H33NO7/c1-17(11-13-23(29)28-14-15-34-22-9-7-6-8-21(22)31-3)10-12-19-25(32-4)18(2)20-16-35-27(30)24(20)26(19)33-5/h6-10H,11-16H2,1-5H3,(H,28,29). The molecule has 0 spiro atoms. The van der Waals surface area contributed by atoms with Gasteiger partial charge in [-0.1, -0.05) is 23.8 Å². The Labute approximate surface area is 206 Å². The first kappa shape index (κ1) is 25.9. The SMILES string of the molecule is COc1ccccc1OCCNC(=O)CCC(C)=CCc1c(OC)c(C)c2c(c1OC)C(=O)OC2. The normalized spacial score (nSPS) is 12.6. The van der Waals surface area contributed by atoms with E-state index in [1.807, 2.05) is 44.2 Å². The Bertz CT molecular complexity index is 1110. The zero-order chi connectivity index (χ0) is 25.4. The molecule has 2 aromatic carbocycles. The molecular formula is C27H33NO7. The van der Waals surface area contributed by atoms with Gasteiger partial charge in [0.15, 0.2) is 11.5 Å². The predicted molar refractivity (Wildman–Crippen MR) is 132 cm³/mol. The quantitative estimate of drug-likeness (QED) is 0.275. The number of ether oxygens (including phenoxy) is 5. The average molecular weight is 484 g/mol. The Balaban J connectivity index is 1.54. The molecule has 0 unspecified atom stereocenters. The van der Waals surface area contributed by atoms with Gasteiger partial charge in [-0.2, -0.15) is 0 Å². The molecule has 35 heavy (non-hydrogen) atoms. The number of carbonyl (C=O) groups is 2. The lowest BCUT2D eigenvalue weighted by atomic mass is 9.94. The highest BCUT2D eigenvalue weighted by Crippen LogP contribution is 2.42. The molecule has 8 nitrogen and oxygen atoms in total.